The van der Waals surface area contributed by atoms with Crippen LogP contribution in [0, 0.1) is 12.7 Å². The number of hydrogen-bond donors (Lipinski definition) is 0. The maximum atomic E-state index is 16.1. The molecule has 3 aromatic carbocycles. The first-order valence-electron chi connectivity index (χ1n) is 10.7. The molecule has 0 aliphatic rings. The lowest BCUT2D eigenvalue weighted by molar-refractivity contribution is -0.155. The summed E-state index contributed by atoms with van der Waals surface area (Å²) in [5, 5.41) is 0. The normalized spacial score (nSPS) is 14.4. The van der Waals surface area contributed by atoms with Crippen LogP contribution in [-0.2, 0) is 20.3 Å². The first-order chi connectivity index (χ1) is 15.5. The van der Waals surface area contributed by atoms with E-state index >= 15 is 4.39 Å². The smallest absolute Gasteiger partial charge is 0.307 e. The number of ether oxygens (including phenoxy) is 1. The quantitative estimate of drug-likeness (QED) is 0.356. The number of carbonyl (C=O) groups is 1. The Morgan fingerprint density at radius 3 is 2.18 bits per heavy atom. The number of benzene rings is 3. The van der Waals surface area contributed by atoms with E-state index in [1.54, 1.807) is 57.2 Å². The summed E-state index contributed by atoms with van der Waals surface area (Å²) in [6.07, 6.45) is -1.90. The van der Waals surface area contributed by atoms with Crippen LogP contribution in [0.15, 0.2) is 82.6 Å². The van der Waals surface area contributed by atoms with E-state index in [1.165, 1.54) is 24.3 Å². The molecule has 0 radical (unpaired) electrons. The van der Waals surface area contributed by atoms with Crippen molar-refractivity contribution in [2.45, 2.75) is 61.6 Å². The van der Waals surface area contributed by atoms with Crippen LogP contribution in [-0.4, -0.2) is 15.8 Å². The number of aryl methyl sites for hydroxylation is 1. The lowest BCUT2D eigenvalue weighted by Crippen LogP contribution is -2.26. The Kier molecular flexibility index (Phi) is 7.80. The van der Waals surface area contributed by atoms with E-state index < -0.39 is 40.3 Å². The molecule has 0 spiro atoms. The van der Waals surface area contributed by atoms with Crippen LogP contribution < -0.4 is 0 Å². The van der Waals surface area contributed by atoms with E-state index in [0.29, 0.717) is 15.4 Å². The molecule has 3 rings (SSSR count). The molecule has 0 amide bonds. The van der Waals surface area contributed by atoms with Crippen LogP contribution in [0.3, 0.4) is 0 Å². The third kappa shape index (κ3) is 6.57. The Bertz CT molecular complexity index is 1120. The molecule has 174 valence electrons. The van der Waals surface area contributed by atoms with Crippen molar-refractivity contribution in [2.75, 3.05) is 0 Å². The van der Waals surface area contributed by atoms with Crippen LogP contribution >= 0.6 is 0 Å². The molecular formula is C27H28F2O3S. The zero-order valence-electron chi connectivity index (χ0n) is 19.2. The monoisotopic (exact) mass is 470 g/mol. The molecule has 0 aliphatic heterocycles. The van der Waals surface area contributed by atoms with Crippen LogP contribution in [0.5, 0.6) is 0 Å². The molecule has 3 nitrogen and oxygen atoms in total. The second-order valence-corrected chi connectivity index (χ2v) is 10.4. The molecular weight excluding hydrogens is 442 g/mol. The fourth-order valence-electron chi connectivity index (χ4n) is 3.55. The van der Waals surface area contributed by atoms with Crippen molar-refractivity contribution in [1.29, 1.82) is 0 Å². The summed E-state index contributed by atoms with van der Waals surface area (Å²) in [6, 6.07) is 19.2. The summed E-state index contributed by atoms with van der Waals surface area (Å²) in [5.74, 6) is -1.95. The van der Waals surface area contributed by atoms with Gasteiger partial charge in [0.1, 0.15) is 17.6 Å². The number of carbonyl (C=O) groups excluding carboxylic acids is 1. The van der Waals surface area contributed by atoms with Gasteiger partial charge in [-0.15, -0.1) is 0 Å². The molecule has 0 heterocycles. The van der Waals surface area contributed by atoms with Gasteiger partial charge in [0.05, 0.1) is 17.2 Å². The first-order valence-corrected chi connectivity index (χ1v) is 11.9. The van der Waals surface area contributed by atoms with Crippen molar-refractivity contribution >= 4 is 16.8 Å². The van der Waals surface area contributed by atoms with Crippen molar-refractivity contribution in [1.82, 2.24) is 0 Å². The van der Waals surface area contributed by atoms with Gasteiger partial charge in [-0.05, 0) is 63.6 Å². The fraction of sp³-hybridized carbons (Fsp3) is 0.296. The average molecular weight is 471 g/mol. The molecule has 0 fully saturated rings. The highest BCUT2D eigenvalue weighted by Gasteiger charge is 2.32. The van der Waals surface area contributed by atoms with Gasteiger partial charge in [-0.1, -0.05) is 48.0 Å². The van der Waals surface area contributed by atoms with Gasteiger partial charge in [0.15, 0.2) is 0 Å². The molecule has 0 bridgehead atoms. The third-order valence-corrected chi connectivity index (χ3v) is 6.58. The van der Waals surface area contributed by atoms with Crippen molar-refractivity contribution in [3.05, 3.63) is 95.3 Å². The Morgan fingerprint density at radius 1 is 0.970 bits per heavy atom. The van der Waals surface area contributed by atoms with E-state index in [4.69, 9.17) is 4.74 Å². The van der Waals surface area contributed by atoms with Gasteiger partial charge < -0.3 is 4.74 Å². The molecule has 0 N–H and O–H groups in total. The highest BCUT2D eigenvalue weighted by molar-refractivity contribution is 7.85. The number of halogens is 2. The van der Waals surface area contributed by atoms with Crippen molar-refractivity contribution in [2.24, 2.45) is 0 Å². The Labute approximate surface area is 196 Å². The summed E-state index contributed by atoms with van der Waals surface area (Å²) < 4.78 is 48.4. The Morgan fingerprint density at radius 2 is 1.58 bits per heavy atom. The summed E-state index contributed by atoms with van der Waals surface area (Å²) >= 11 is 0. The average Bonchev–Trinajstić information content (AvgIpc) is 2.76. The first kappa shape index (κ1) is 24.8. The summed E-state index contributed by atoms with van der Waals surface area (Å²) in [6.45, 7) is 7.16. The van der Waals surface area contributed by atoms with Gasteiger partial charge in [-0.2, -0.15) is 0 Å². The maximum absolute atomic E-state index is 16.1. The highest BCUT2D eigenvalue weighted by atomic mass is 32.2. The predicted molar refractivity (Wildman–Crippen MR) is 126 cm³/mol. The van der Waals surface area contributed by atoms with Crippen LogP contribution in [0.2, 0.25) is 0 Å². The molecule has 0 unspecified atom stereocenters. The second-order valence-electron chi connectivity index (χ2n) is 8.97. The minimum Gasteiger partial charge on any atom is -0.460 e. The molecule has 3 atom stereocenters. The fourth-order valence-corrected chi connectivity index (χ4v) is 4.78. The topological polar surface area (TPSA) is 43.4 Å². The summed E-state index contributed by atoms with van der Waals surface area (Å²) in [5.41, 5.74) is 1.00. The van der Waals surface area contributed by atoms with Crippen LogP contribution in [0.4, 0.5) is 8.78 Å². The van der Waals surface area contributed by atoms with Crippen LogP contribution in [0.25, 0.3) is 0 Å². The molecule has 0 saturated heterocycles. The van der Waals surface area contributed by atoms with E-state index in [-0.39, 0.29) is 12.0 Å². The van der Waals surface area contributed by atoms with Crippen molar-refractivity contribution in [3.63, 3.8) is 0 Å². The van der Waals surface area contributed by atoms with Gasteiger partial charge in [0.2, 0.25) is 0 Å². The molecule has 33 heavy (non-hydrogen) atoms. The molecule has 0 aliphatic carbocycles. The highest BCUT2D eigenvalue weighted by Crippen LogP contribution is 2.40. The molecule has 3 aromatic rings. The van der Waals surface area contributed by atoms with Crippen molar-refractivity contribution in [3.8, 4) is 0 Å². The maximum Gasteiger partial charge on any atom is 0.307 e. The van der Waals surface area contributed by atoms with Gasteiger partial charge in [-0.3, -0.25) is 4.79 Å². The SMILES string of the molecule is Cc1ccc([S@](=O)c2ccccc2[C@H](F)[C@H](CC(=O)OC(C)(C)C)c2ccc(F)cc2)cc1. The standard InChI is InChI=1S/C27H28F2O3S/c1-18-9-15-21(16-10-18)33(31)24-8-6-5-7-22(24)26(29)23(17-25(30)32-27(2,3)4)19-11-13-20(28)14-12-19/h5-16,23,26H,17H2,1-4H3/t23-,26+,33+/m1/s1. The second kappa shape index (κ2) is 10.4. The minimum absolute atomic E-state index is 0.231. The van der Waals surface area contributed by atoms with Gasteiger partial charge in [0, 0.05) is 21.3 Å². The van der Waals surface area contributed by atoms with Gasteiger partial charge in [0.25, 0.3) is 0 Å². The summed E-state index contributed by atoms with van der Waals surface area (Å²) in [4.78, 5) is 13.5. The van der Waals surface area contributed by atoms with E-state index in [0.717, 1.165) is 5.56 Å². The number of hydrogen-bond acceptors (Lipinski definition) is 3. The summed E-state index contributed by atoms with van der Waals surface area (Å²) in [7, 11) is -1.61. The predicted octanol–water partition coefficient (Wildman–Crippen LogP) is 6.83. The van der Waals surface area contributed by atoms with Gasteiger partial charge >= 0.3 is 5.97 Å². The van der Waals surface area contributed by atoms with Crippen LogP contribution in [0.1, 0.15) is 56.0 Å². The lowest BCUT2D eigenvalue weighted by atomic mass is 9.87. The zero-order valence-corrected chi connectivity index (χ0v) is 20.0. The van der Waals surface area contributed by atoms with Crippen molar-refractivity contribution < 1.29 is 22.5 Å². The van der Waals surface area contributed by atoms with E-state index in [2.05, 4.69) is 0 Å². The number of esters is 1. The third-order valence-electron chi connectivity index (χ3n) is 5.11. The molecule has 0 aromatic heterocycles. The largest absolute Gasteiger partial charge is 0.460 e. The van der Waals surface area contributed by atoms with E-state index in [9.17, 15) is 13.4 Å². The molecule has 0 saturated carbocycles. The number of rotatable bonds is 7. The van der Waals surface area contributed by atoms with E-state index in [1.807, 2.05) is 19.1 Å². The lowest BCUT2D eigenvalue weighted by Gasteiger charge is -2.25. The number of alkyl halides is 1. The minimum atomic E-state index is -1.66. The Hall–Kier alpha value is -2.86. The van der Waals surface area contributed by atoms with Gasteiger partial charge in [-0.25, -0.2) is 13.0 Å². The zero-order chi connectivity index (χ0) is 24.2. The molecule has 6 heteroatoms. The Balaban J connectivity index is 1.99.